The van der Waals surface area contributed by atoms with Crippen LogP contribution < -0.4 is 14.2 Å². The summed E-state index contributed by atoms with van der Waals surface area (Å²) < 4.78 is 16.6. The van der Waals surface area contributed by atoms with Crippen molar-refractivity contribution in [2.75, 3.05) is 14.2 Å². The molecule has 0 amide bonds. The quantitative estimate of drug-likeness (QED) is 0.764. The molecular weight excluding hydrogens is 290 g/mol. The van der Waals surface area contributed by atoms with Gasteiger partial charge in [-0.1, -0.05) is 19.1 Å². The maximum absolute atomic E-state index is 8.90. The van der Waals surface area contributed by atoms with Gasteiger partial charge in [-0.2, -0.15) is 5.26 Å². The second-order valence-electron chi connectivity index (χ2n) is 5.00. The predicted octanol–water partition coefficient (Wildman–Crippen LogP) is 4.31. The van der Waals surface area contributed by atoms with Crippen molar-refractivity contribution in [3.63, 3.8) is 0 Å². The first-order valence-electron chi connectivity index (χ1n) is 7.39. The molecule has 0 saturated carbocycles. The van der Waals surface area contributed by atoms with E-state index in [-0.39, 0.29) is 6.10 Å². The largest absolute Gasteiger partial charge is 0.493 e. The molecule has 2 aromatic carbocycles. The zero-order chi connectivity index (χ0) is 16.7. The summed E-state index contributed by atoms with van der Waals surface area (Å²) in [5.41, 5.74) is 1.65. The Labute approximate surface area is 137 Å². The monoisotopic (exact) mass is 310 g/mol. The SMILES string of the molecule is [CH2]CCC(Oc1ccc(OC)c(OC)c1)c1ccc(C#N)cc1. The van der Waals surface area contributed by atoms with Gasteiger partial charge in [-0.3, -0.25) is 0 Å². The molecule has 0 spiro atoms. The lowest BCUT2D eigenvalue weighted by Crippen LogP contribution is -2.07. The van der Waals surface area contributed by atoms with E-state index in [1.54, 1.807) is 32.4 Å². The van der Waals surface area contributed by atoms with Crippen LogP contribution in [0.5, 0.6) is 17.2 Å². The fourth-order valence-electron chi connectivity index (χ4n) is 2.31. The van der Waals surface area contributed by atoms with Gasteiger partial charge >= 0.3 is 0 Å². The summed E-state index contributed by atoms with van der Waals surface area (Å²) >= 11 is 0. The van der Waals surface area contributed by atoms with Crippen molar-refractivity contribution in [1.29, 1.82) is 5.26 Å². The highest BCUT2D eigenvalue weighted by atomic mass is 16.5. The number of nitriles is 1. The summed E-state index contributed by atoms with van der Waals surface area (Å²) in [6, 6.07) is 15.0. The van der Waals surface area contributed by atoms with E-state index in [0.29, 0.717) is 22.8 Å². The van der Waals surface area contributed by atoms with Crippen LogP contribution in [0.25, 0.3) is 0 Å². The first kappa shape index (κ1) is 16.7. The number of hydrogen-bond acceptors (Lipinski definition) is 4. The van der Waals surface area contributed by atoms with Crippen LogP contribution >= 0.6 is 0 Å². The molecule has 0 fully saturated rings. The van der Waals surface area contributed by atoms with Crippen molar-refractivity contribution < 1.29 is 14.2 Å². The molecule has 4 heteroatoms. The molecule has 0 saturated heterocycles. The first-order valence-corrected chi connectivity index (χ1v) is 7.39. The minimum Gasteiger partial charge on any atom is -0.493 e. The van der Waals surface area contributed by atoms with Gasteiger partial charge in [0.05, 0.1) is 25.9 Å². The normalized spacial score (nSPS) is 11.4. The molecule has 1 unspecified atom stereocenters. The van der Waals surface area contributed by atoms with E-state index < -0.39 is 0 Å². The molecule has 4 nitrogen and oxygen atoms in total. The Morgan fingerprint density at radius 1 is 1.04 bits per heavy atom. The Hall–Kier alpha value is -2.67. The highest BCUT2D eigenvalue weighted by Crippen LogP contribution is 2.34. The van der Waals surface area contributed by atoms with E-state index in [9.17, 15) is 0 Å². The Morgan fingerprint density at radius 3 is 2.30 bits per heavy atom. The third-order valence-electron chi connectivity index (χ3n) is 3.51. The Bertz CT molecular complexity index is 674. The number of benzene rings is 2. The summed E-state index contributed by atoms with van der Waals surface area (Å²) in [5, 5.41) is 8.90. The highest BCUT2D eigenvalue weighted by molar-refractivity contribution is 5.45. The van der Waals surface area contributed by atoms with Gasteiger partial charge in [-0.25, -0.2) is 0 Å². The Morgan fingerprint density at radius 2 is 1.74 bits per heavy atom. The van der Waals surface area contributed by atoms with Crippen molar-refractivity contribution >= 4 is 0 Å². The van der Waals surface area contributed by atoms with Crippen molar-refractivity contribution in [2.24, 2.45) is 0 Å². The Balaban J connectivity index is 2.23. The molecule has 23 heavy (non-hydrogen) atoms. The van der Waals surface area contributed by atoms with Crippen LogP contribution in [-0.2, 0) is 0 Å². The zero-order valence-electron chi connectivity index (χ0n) is 13.4. The van der Waals surface area contributed by atoms with Crippen LogP contribution in [-0.4, -0.2) is 14.2 Å². The molecule has 0 aliphatic carbocycles. The van der Waals surface area contributed by atoms with Gasteiger partial charge in [0.25, 0.3) is 0 Å². The average molecular weight is 310 g/mol. The van der Waals surface area contributed by atoms with Crippen LogP contribution in [0.1, 0.15) is 30.1 Å². The first-order chi connectivity index (χ1) is 11.2. The van der Waals surface area contributed by atoms with Crippen LogP contribution in [0.15, 0.2) is 42.5 Å². The average Bonchev–Trinajstić information content (AvgIpc) is 2.61. The maximum atomic E-state index is 8.90. The van der Waals surface area contributed by atoms with E-state index in [2.05, 4.69) is 13.0 Å². The minimum atomic E-state index is -0.127. The molecule has 0 N–H and O–H groups in total. The van der Waals surface area contributed by atoms with Crippen molar-refractivity contribution in [3.05, 3.63) is 60.5 Å². The Kier molecular flexibility index (Phi) is 5.87. The van der Waals surface area contributed by atoms with Crippen molar-refractivity contribution in [3.8, 4) is 23.3 Å². The van der Waals surface area contributed by atoms with Gasteiger partial charge in [0.15, 0.2) is 11.5 Å². The molecule has 2 rings (SSSR count). The number of hydrogen-bond donors (Lipinski definition) is 0. The summed E-state index contributed by atoms with van der Waals surface area (Å²) in [4.78, 5) is 0. The van der Waals surface area contributed by atoms with E-state index in [1.165, 1.54) is 0 Å². The van der Waals surface area contributed by atoms with Crippen LogP contribution in [0, 0.1) is 18.3 Å². The standard InChI is InChI=1S/C19H20NO3/c1-4-5-17(15-8-6-14(13-20)7-9-15)23-16-10-11-18(21-2)19(12-16)22-3/h6-12,17H,1,4-5H2,2-3H3. The minimum absolute atomic E-state index is 0.127. The molecule has 1 radical (unpaired) electrons. The summed E-state index contributed by atoms with van der Waals surface area (Å²) in [6.45, 7) is 3.91. The van der Waals surface area contributed by atoms with Gasteiger partial charge in [0.2, 0.25) is 0 Å². The van der Waals surface area contributed by atoms with E-state index in [0.717, 1.165) is 18.4 Å². The lowest BCUT2D eigenvalue weighted by molar-refractivity contribution is 0.195. The van der Waals surface area contributed by atoms with Gasteiger partial charge in [0, 0.05) is 6.07 Å². The van der Waals surface area contributed by atoms with Crippen LogP contribution in [0.3, 0.4) is 0 Å². The number of rotatable bonds is 7. The lowest BCUT2D eigenvalue weighted by Gasteiger charge is -2.20. The van der Waals surface area contributed by atoms with Crippen molar-refractivity contribution in [2.45, 2.75) is 18.9 Å². The second kappa shape index (κ2) is 8.09. The maximum Gasteiger partial charge on any atom is 0.164 e. The number of ether oxygens (including phenoxy) is 3. The van der Waals surface area contributed by atoms with Crippen LogP contribution in [0.2, 0.25) is 0 Å². The molecule has 2 aromatic rings. The van der Waals surface area contributed by atoms with Gasteiger partial charge < -0.3 is 14.2 Å². The van der Waals surface area contributed by atoms with Gasteiger partial charge in [-0.15, -0.1) is 0 Å². The third-order valence-corrected chi connectivity index (χ3v) is 3.51. The predicted molar refractivity (Wildman–Crippen MR) is 88.7 cm³/mol. The number of nitrogens with zero attached hydrogens (tertiary/aromatic N) is 1. The second-order valence-corrected chi connectivity index (χ2v) is 5.00. The summed E-state index contributed by atoms with van der Waals surface area (Å²) in [6.07, 6.45) is 1.40. The third kappa shape index (κ3) is 4.17. The van der Waals surface area contributed by atoms with Gasteiger partial charge in [-0.05, 0) is 42.7 Å². The molecule has 119 valence electrons. The number of methoxy groups -OCH3 is 2. The lowest BCUT2D eigenvalue weighted by atomic mass is 10.0. The topological polar surface area (TPSA) is 51.5 Å². The fraction of sp³-hybridized carbons (Fsp3) is 0.263. The molecule has 1 atom stereocenters. The zero-order valence-corrected chi connectivity index (χ0v) is 13.4. The van der Waals surface area contributed by atoms with E-state index >= 15 is 0 Å². The summed E-state index contributed by atoms with van der Waals surface area (Å²) in [5.74, 6) is 1.98. The smallest absolute Gasteiger partial charge is 0.164 e. The van der Waals surface area contributed by atoms with Gasteiger partial charge in [0.1, 0.15) is 11.9 Å². The van der Waals surface area contributed by atoms with E-state index in [1.807, 2.05) is 24.3 Å². The molecule has 0 aliphatic heterocycles. The van der Waals surface area contributed by atoms with Crippen molar-refractivity contribution in [1.82, 2.24) is 0 Å². The molecular formula is C19H20NO3. The molecule has 0 aromatic heterocycles. The molecule has 0 heterocycles. The molecule has 0 aliphatic rings. The summed E-state index contributed by atoms with van der Waals surface area (Å²) in [7, 11) is 3.19. The van der Waals surface area contributed by atoms with Crippen LogP contribution in [0.4, 0.5) is 0 Å². The highest BCUT2D eigenvalue weighted by Gasteiger charge is 2.14. The van der Waals surface area contributed by atoms with E-state index in [4.69, 9.17) is 19.5 Å². The molecule has 0 bridgehead atoms. The fourth-order valence-corrected chi connectivity index (χ4v) is 2.31.